The van der Waals surface area contributed by atoms with Crippen molar-refractivity contribution in [2.75, 3.05) is 0 Å². The Bertz CT molecular complexity index is 339. The van der Waals surface area contributed by atoms with Crippen LogP contribution in [-0.2, 0) is 4.57 Å². The third kappa shape index (κ3) is 4.04. The molecule has 13 heavy (non-hydrogen) atoms. The first-order valence-corrected chi connectivity index (χ1v) is 7.07. The van der Waals surface area contributed by atoms with Gasteiger partial charge in [-0.2, -0.15) is 0 Å². The monoisotopic (exact) mass is 238 g/mol. The smallest absolute Gasteiger partial charge is 0.422 e. The van der Waals surface area contributed by atoms with E-state index in [1.165, 1.54) is 0 Å². The van der Waals surface area contributed by atoms with Crippen LogP contribution >= 0.6 is 28.6 Å². The van der Waals surface area contributed by atoms with Crippen LogP contribution < -0.4 is 4.52 Å². The normalized spacial score (nSPS) is 11.4. The molecule has 0 aromatic heterocycles. The summed E-state index contributed by atoms with van der Waals surface area (Å²) < 4.78 is 15.8. The Kier molecular flexibility index (Phi) is 3.28. The van der Waals surface area contributed by atoms with E-state index < -0.39 is 6.07 Å². The lowest BCUT2D eigenvalue weighted by Gasteiger charge is -2.07. The lowest BCUT2D eigenvalue weighted by Crippen LogP contribution is -1.84. The number of hydrogen-bond acceptors (Lipinski definition) is 2. The maximum Gasteiger partial charge on any atom is 0.428 e. The lowest BCUT2D eigenvalue weighted by atomic mass is 10.1. The van der Waals surface area contributed by atoms with Crippen molar-refractivity contribution in [3.05, 3.63) is 29.3 Å². The molecule has 0 bridgehead atoms. The zero-order valence-corrected chi connectivity index (χ0v) is 9.66. The van der Waals surface area contributed by atoms with Crippen molar-refractivity contribution in [1.29, 1.82) is 0 Å². The maximum atomic E-state index is 10.9. The van der Waals surface area contributed by atoms with Gasteiger partial charge < -0.3 is 4.52 Å². The van der Waals surface area contributed by atoms with E-state index in [2.05, 4.69) is 0 Å². The molecule has 0 unspecified atom stereocenters. The lowest BCUT2D eigenvalue weighted by molar-refractivity contribution is 0.513. The minimum Gasteiger partial charge on any atom is -0.422 e. The third-order valence-corrected chi connectivity index (χ3v) is 2.24. The second-order valence-electron chi connectivity index (χ2n) is 2.83. The number of hydrogen-bond donors (Lipinski definition) is 0. The molecular weight excluding hydrogens is 230 g/mol. The summed E-state index contributed by atoms with van der Waals surface area (Å²) in [7, 11) is 0. The van der Waals surface area contributed by atoms with Crippen molar-refractivity contribution < 1.29 is 9.09 Å². The van der Waals surface area contributed by atoms with Gasteiger partial charge in [-0.15, -0.1) is 0 Å². The average molecular weight is 239 g/mol. The van der Waals surface area contributed by atoms with Gasteiger partial charge in [-0.25, -0.2) is 4.57 Å². The van der Waals surface area contributed by atoms with Crippen LogP contribution in [0.4, 0.5) is 0 Å². The number of benzene rings is 1. The molecule has 0 radical (unpaired) electrons. The molecule has 1 aromatic rings. The highest BCUT2D eigenvalue weighted by Crippen LogP contribution is 2.57. The standard InChI is InChI=1S/C8H9Cl2O2P/c1-6-3-7(2)5-8(4-6)12-13(9,10)11/h3-5H,1-2H3. The van der Waals surface area contributed by atoms with Gasteiger partial charge in [-0.3, -0.25) is 0 Å². The second-order valence-corrected chi connectivity index (χ2v) is 7.03. The Hall–Kier alpha value is -0.170. The van der Waals surface area contributed by atoms with Gasteiger partial charge >= 0.3 is 6.07 Å². The van der Waals surface area contributed by atoms with Crippen molar-refractivity contribution in [2.45, 2.75) is 13.8 Å². The van der Waals surface area contributed by atoms with Crippen LogP contribution in [0.1, 0.15) is 11.1 Å². The summed E-state index contributed by atoms with van der Waals surface area (Å²) >= 11 is 10.5. The fraction of sp³-hybridized carbons (Fsp3) is 0.250. The molecule has 0 aliphatic heterocycles. The van der Waals surface area contributed by atoms with Gasteiger partial charge in [0.25, 0.3) is 0 Å². The second kappa shape index (κ2) is 3.91. The molecule has 0 heterocycles. The van der Waals surface area contributed by atoms with E-state index in [4.69, 9.17) is 27.0 Å². The van der Waals surface area contributed by atoms with E-state index >= 15 is 0 Å². The van der Waals surface area contributed by atoms with Crippen molar-refractivity contribution in [3.63, 3.8) is 0 Å². The molecule has 0 saturated carbocycles. The van der Waals surface area contributed by atoms with Crippen LogP contribution in [0.2, 0.25) is 0 Å². The molecule has 0 atom stereocenters. The molecule has 0 fully saturated rings. The van der Waals surface area contributed by atoms with Crippen LogP contribution in [-0.4, -0.2) is 0 Å². The van der Waals surface area contributed by atoms with Crippen molar-refractivity contribution in [2.24, 2.45) is 0 Å². The zero-order valence-electron chi connectivity index (χ0n) is 7.25. The number of halogens is 2. The predicted molar refractivity (Wildman–Crippen MR) is 55.9 cm³/mol. The Morgan fingerprint density at radius 1 is 1.15 bits per heavy atom. The van der Waals surface area contributed by atoms with E-state index in [9.17, 15) is 4.57 Å². The molecule has 5 heteroatoms. The predicted octanol–water partition coefficient (Wildman–Crippen LogP) is 4.27. The summed E-state index contributed by atoms with van der Waals surface area (Å²) in [5.74, 6) is 0.436. The molecule has 0 saturated heterocycles. The van der Waals surface area contributed by atoms with Crippen molar-refractivity contribution >= 4 is 28.6 Å². The Morgan fingerprint density at radius 2 is 1.62 bits per heavy atom. The summed E-state index contributed by atoms with van der Waals surface area (Å²) in [5.41, 5.74) is 2.02. The zero-order chi connectivity index (χ0) is 10.1. The number of rotatable bonds is 2. The van der Waals surface area contributed by atoms with Crippen molar-refractivity contribution in [3.8, 4) is 5.75 Å². The van der Waals surface area contributed by atoms with Crippen LogP contribution in [0.15, 0.2) is 18.2 Å². The summed E-state index contributed by atoms with van der Waals surface area (Å²) in [6.45, 7) is 3.82. The Labute approximate surface area is 86.8 Å². The highest BCUT2D eigenvalue weighted by Gasteiger charge is 2.16. The number of aryl methyl sites for hydroxylation is 2. The molecule has 72 valence electrons. The largest absolute Gasteiger partial charge is 0.428 e. The molecule has 0 spiro atoms. The molecule has 0 N–H and O–H groups in total. The molecule has 0 aliphatic rings. The van der Waals surface area contributed by atoms with E-state index in [1.54, 1.807) is 12.1 Å². The minimum atomic E-state index is -3.48. The van der Waals surface area contributed by atoms with Crippen LogP contribution in [0.5, 0.6) is 5.75 Å². The van der Waals surface area contributed by atoms with Crippen LogP contribution in [0.3, 0.4) is 0 Å². The van der Waals surface area contributed by atoms with Crippen LogP contribution in [0.25, 0.3) is 0 Å². The van der Waals surface area contributed by atoms with Gasteiger partial charge in [0.1, 0.15) is 5.75 Å². The molecule has 1 rings (SSSR count). The highest BCUT2D eigenvalue weighted by atomic mass is 35.9. The maximum absolute atomic E-state index is 10.9. The first-order valence-electron chi connectivity index (χ1n) is 3.64. The molecule has 0 aliphatic carbocycles. The van der Waals surface area contributed by atoms with E-state index in [0.717, 1.165) is 11.1 Å². The van der Waals surface area contributed by atoms with Crippen molar-refractivity contribution in [1.82, 2.24) is 0 Å². The first-order chi connectivity index (χ1) is 5.87. The molecule has 2 nitrogen and oxygen atoms in total. The van der Waals surface area contributed by atoms with E-state index in [1.807, 2.05) is 19.9 Å². The van der Waals surface area contributed by atoms with E-state index in [0.29, 0.717) is 5.75 Å². The van der Waals surface area contributed by atoms with Gasteiger partial charge in [-0.1, -0.05) is 6.07 Å². The van der Waals surface area contributed by atoms with Gasteiger partial charge in [0, 0.05) is 22.5 Å². The molecular formula is C8H9Cl2O2P. The van der Waals surface area contributed by atoms with Gasteiger partial charge in [-0.05, 0) is 37.1 Å². The topological polar surface area (TPSA) is 26.3 Å². The molecule has 0 amide bonds. The Balaban J connectivity index is 2.96. The first kappa shape index (κ1) is 10.9. The summed E-state index contributed by atoms with van der Waals surface area (Å²) in [6.07, 6.45) is -3.48. The fourth-order valence-corrected chi connectivity index (χ4v) is 1.94. The Morgan fingerprint density at radius 3 is 2.00 bits per heavy atom. The minimum absolute atomic E-state index is 0.436. The summed E-state index contributed by atoms with van der Waals surface area (Å²) in [4.78, 5) is 0. The van der Waals surface area contributed by atoms with E-state index in [-0.39, 0.29) is 0 Å². The fourth-order valence-electron chi connectivity index (χ4n) is 1.11. The summed E-state index contributed by atoms with van der Waals surface area (Å²) in [6, 6.07) is 5.43. The SMILES string of the molecule is Cc1cc(C)cc(OP(=O)(Cl)Cl)c1. The average Bonchev–Trinajstić information content (AvgIpc) is 1.78. The highest BCUT2D eigenvalue weighted by molar-refractivity contribution is 8.05. The third-order valence-electron chi connectivity index (χ3n) is 1.41. The van der Waals surface area contributed by atoms with Gasteiger partial charge in [0.05, 0.1) is 0 Å². The summed E-state index contributed by atoms with van der Waals surface area (Å²) in [5, 5.41) is 0. The van der Waals surface area contributed by atoms with Crippen LogP contribution in [0, 0.1) is 13.8 Å². The van der Waals surface area contributed by atoms with Gasteiger partial charge in [0.15, 0.2) is 0 Å². The quantitative estimate of drug-likeness (QED) is 0.720. The molecule has 1 aromatic carbocycles. The van der Waals surface area contributed by atoms with Gasteiger partial charge in [0.2, 0.25) is 0 Å².